The van der Waals surface area contributed by atoms with Gasteiger partial charge in [0.25, 0.3) is 0 Å². The fourth-order valence-corrected chi connectivity index (χ4v) is 4.39. The van der Waals surface area contributed by atoms with Crippen molar-refractivity contribution in [2.75, 3.05) is 30.4 Å². The van der Waals surface area contributed by atoms with Gasteiger partial charge in [-0.2, -0.15) is 0 Å². The molecule has 2 aromatic rings. The second-order valence-corrected chi connectivity index (χ2v) is 10.0. The van der Waals surface area contributed by atoms with Crippen molar-refractivity contribution in [3.05, 3.63) is 54.1 Å². The zero-order valence-electron chi connectivity index (χ0n) is 19.7. The van der Waals surface area contributed by atoms with Gasteiger partial charge in [0, 0.05) is 19.2 Å². The second kappa shape index (κ2) is 11.2. The molecule has 1 aliphatic rings. The van der Waals surface area contributed by atoms with Crippen LogP contribution >= 0.6 is 0 Å². The van der Waals surface area contributed by atoms with Gasteiger partial charge in [0.05, 0.1) is 11.9 Å². The highest BCUT2D eigenvalue weighted by Crippen LogP contribution is 2.36. The van der Waals surface area contributed by atoms with E-state index < -0.39 is 28.5 Å². The van der Waals surface area contributed by atoms with E-state index in [1.54, 1.807) is 19.1 Å². The number of sulfonamides is 1. The molecule has 0 aliphatic carbocycles. The molecule has 1 heterocycles. The van der Waals surface area contributed by atoms with Crippen LogP contribution in [0.1, 0.15) is 32.3 Å². The average Bonchev–Trinajstić information content (AvgIpc) is 3.28. The summed E-state index contributed by atoms with van der Waals surface area (Å²) in [6, 6.07) is 13.2. The number of fused-ring (bicyclic) bond motifs is 1. The van der Waals surface area contributed by atoms with Crippen LogP contribution in [0, 0.1) is 0 Å². The van der Waals surface area contributed by atoms with Gasteiger partial charge in [-0.1, -0.05) is 43.7 Å². The Kier molecular flexibility index (Phi) is 8.38. The maximum absolute atomic E-state index is 13.5. The van der Waals surface area contributed by atoms with Crippen molar-refractivity contribution in [1.29, 1.82) is 0 Å². The Morgan fingerprint density at radius 3 is 2.47 bits per heavy atom. The Bertz CT molecular complexity index is 1110. The lowest BCUT2D eigenvalue weighted by Crippen LogP contribution is -2.51. The highest BCUT2D eigenvalue weighted by Gasteiger charge is 2.30. The normalized spacial score (nSPS) is 13.3. The molecule has 9 nitrogen and oxygen atoms in total. The van der Waals surface area contributed by atoms with Crippen molar-refractivity contribution < 1.29 is 27.5 Å². The number of nitrogens with zero attached hydrogens (tertiary/aromatic N) is 2. The summed E-state index contributed by atoms with van der Waals surface area (Å²) in [6.07, 6.45) is 2.80. The Morgan fingerprint density at radius 2 is 1.79 bits per heavy atom. The molecule has 0 spiro atoms. The lowest BCUT2D eigenvalue weighted by Gasteiger charge is -2.31. The number of amides is 2. The molecule has 0 aromatic heterocycles. The Hall–Kier alpha value is -3.27. The van der Waals surface area contributed by atoms with E-state index in [-0.39, 0.29) is 24.9 Å². The van der Waals surface area contributed by atoms with Crippen LogP contribution in [0.15, 0.2) is 48.5 Å². The van der Waals surface area contributed by atoms with E-state index in [0.29, 0.717) is 18.0 Å². The topological polar surface area (TPSA) is 105 Å². The molecule has 2 amide bonds. The first-order chi connectivity index (χ1) is 16.2. The van der Waals surface area contributed by atoms with Gasteiger partial charge >= 0.3 is 0 Å². The molecule has 1 N–H and O–H groups in total. The van der Waals surface area contributed by atoms with Gasteiger partial charge in [-0.05, 0) is 31.0 Å². The third kappa shape index (κ3) is 6.40. The quantitative estimate of drug-likeness (QED) is 0.487. The number of carbonyl (C=O) groups is 2. The molecule has 3 rings (SSSR count). The lowest BCUT2D eigenvalue weighted by molar-refractivity contribution is -0.139. The number of benzene rings is 2. The number of rotatable bonds is 11. The molecular formula is C24H31N3O6S. The van der Waals surface area contributed by atoms with Crippen LogP contribution in [-0.4, -0.2) is 57.3 Å². The minimum absolute atomic E-state index is 0.0477. The summed E-state index contributed by atoms with van der Waals surface area (Å²) in [6.45, 7) is 3.94. The first kappa shape index (κ1) is 25.4. The number of ether oxygens (including phenoxy) is 2. The van der Waals surface area contributed by atoms with Gasteiger partial charge in [0.15, 0.2) is 11.5 Å². The fraction of sp³-hybridized carbons (Fsp3) is 0.417. The number of unbranched alkanes of at least 4 members (excludes halogenated alkanes) is 1. The highest BCUT2D eigenvalue weighted by atomic mass is 32.2. The molecule has 10 heteroatoms. The largest absolute Gasteiger partial charge is 0.454 e. The third-order valence-corrected chi connectivity index (χ3v) is 6.66. The number of hydrogen-bond acceptors (Lipinski definition) is 6. The van der Waals surface area contributed by atoms with E-state index in [2.05, 4.69) is 5.32 Å². The standard InChI is InChI=1S/C24H31N3O6S/c1-4-5-13-25-24(29)18(2)26(15-19-9-7-6-8-10-19)23(28)16-27(34(3,30)31)20-11-12-21-22(14-20)33-17-32-21/h6-12,14,18H,4-5,13,15-17H2,1-3H3,(H,25,29)/t18-/m0/s1. The van der Waals surface area contributed by atoms with Crippen LogP contribution in [-0.2, 0) is 26.2 Å². The maximum Gasteiger partial charge on any atom is 0.244 e. The van der Waals surface area contributed by atoms with Gasteiger partial charge < -0.3 is 19.7 Å². The lowest BCUT2D eigenvalue weighted by atomic mass is 10.1. The molecule has 2 aromatic carbocycles. The molecular weight excluding hydrogens is 458 g/mol. The van der Waals surface area contributed by atoms with Crippen molar-refractivity contribution in [3.63, 3.8) is 0 Å². The van der Waals surface area contributed by atoms with Crippen molar-refractivity contribution in [3.8, 4) is 11.5 Å². The molecule has 0 saturated heterocycles. The summed E-state index contributed by atoms with van der Waals surface area (Å²) in [7, 11) is -3.81. The average molecular weight is 490 g/mol. The predicted molar refractivity (Wildman–Crippen MR) is 129 cm³/mol. The summed E-state index contributed by atoms with van der Waals surface area (Å²) in [4.78, 5) is 27.6. The predicted octanol–water partition coefficient (Wildman–Crippen LogP) is 2.51. The van der Waals surface area contributed by atoms with E-state index in [4.69, 9.17) is 9.47 Å². The SMILES string of the molecule is CCCCNC(=O)[C@H](C)N(Cc1ccccc1)C(=O)CN(c1ccc2c(c1)OCO2)S(C)(=O)=O. The maximum atomic E-state index is 13.5. The van der Waals surface area contributed by atoms with Crippen LogP contribution in [0.3, 0.4) is 0 Å². The number of hydrogen-bond donors (Lipinski definition) is 1. The van der Waals surface area contributed by atoms with Crippen LogP contribution in [0.5, 0.6) is 11.5 Å². The molecule has 0 bridgehead atoms. The summed E-state index contributed by atoms with van der Waals surface area (Å²) < 4.78 is 36.9. The summed E-state index contributed by atoms with van der Waals surface area (Å²) in [5, 5.41) is 2.85. The van der Waals surface area contributed by atoms with E-state index in [0.717, 1.165) is 29.0 Å². The number of nitrogens with one attached hydrogen (secondary N) is 1. The van der Waals surface area contributed by atoms with Crippen LogP contribution in [0.25, 0.3) is 0 Å². The van der Waals surface area contributed by atoms with Gasteiger partial charge in [-0.3, -0.25) is 13.9 Å². The molecule has 34 heavy (non-hydrogen) atoms. The fourth-order valence-electron chi connectivity index (χ4n) is 3.55. The molecule has 0 radical (unpaired) electrons. The monoisotopic (exact) mass is 489 g/mol. The van der Waals surface area contributed by atoms with Gasteiger partial charge in [-0.15, -0.1) is 0 Å². The van der Waals surface area contributed by atoms with Gasteiger partial charge in [0.1, 0.15) is 12.6 Å². The smallest absolute Gasteiger partial charge is 0.244 e. The van der Waals surface area contributed by atoms with E-state index >= 15 is 0 Å². The van der Waals surface area contributed by atoms with Crippen molar-refractivity contribution in [2.45, 2.75) is 39.3 Å². The summed E-state index contributed by atoms with van der Waals surface area (Å²) in [5.41, 5.74) is 1.11. The third-order valence-electron chi connectivity index (χ3n) is 5.52. The van der Waals surface area contributed by atoms with E-state index in [1.165, 1.54) is 11.0 Å². The Morgan fingerprint density at radius 1 is 1.09 bits per heavy atom. The molecule has 0 unspecified atom stereocenters. The van der Waals surface area contributed by atoms with Gasteiger partial charge in [-0.25, -0.2) is 8.42 Å². The second-order valence-electron chi connectivity index (χ2n) is 8.13. The zero-order chi connectivity index (χ0) is 24.7. The first-order valence-electron chi connectivity index (χ1n) is 11.2. The van der Waals surface area contributed by atoms with Crippen molar-refractivity contribution in [1.82, 2.24) is 10.2 Å². The van der Waals surface area contributed by atoms with Crippen molar-refractivity contribution in [2.24, 2.45) is 0 Å². The summed E-state index contributed by atoms with van der Waals surface area (Å²) >= 11 is 0. The molecule has 1 aliphatic heterocycles. The minimum Gasteiger partial charge on any atom is -0.454 e. The Labute approximate surface area is 200 Å². The minimum atomic E-state index is -3.81. The summed E-state index contributed by atoms with van der Waals surface area (Å²) in [5.74, 6) is 0.131. The van der Waals surface area contributed by atoms with E-state index in [9.17, 15) is 18.0 Å². The van der Waals surface area contributed by atoms with Crippen molar-refractivity contribution >= 4 is 27.5 Å². The van der Waals surface area contributed by atoms with Gasteiger partial charge in [0.2, 0.25) is 28.6 Å². The highest BCUT2D eigenvalue weighted by molar-refractivity contribution is 7.92. The Balaban J connectivity index is 1.86. The number of carbonyl (C=O) groups excluding carboxylic acids is 2. The van der Waals surface area contributed by atoms with Crippen LogP contribution < -0.4 is 19.1 Å². The molecule has 0 fully saturated rings. The number of anilines is 1. The molecule has 1 atom stereocenters. The van der Waals surface area contributed by atoms with Crippen LogP contribution in [0.2, 0.25) is 0 Å². The molecule has 184 valence electrons. The zero-order valence-corrected chi connectivity index (χ0v) is 20.5. The van der Waals surface area contributed by atoms with Crippen LogP contribution in [0.4, 0.5) is 5.69 Å². The molecule has 0 saturated carbocycles. The van der Waals surface area contributed by atoms with E-state index in [1.807, 2.05) is 37.3 Å². The first-order valence-corrected chi connectivity index (χ1v) is 13.0.